The summed E-state index contributed by atoms with van der Waals surface area (Å²) in [6.07, 6.45) is -4.84. The number of nitrogens with two attached hydrogens (primary N) is 1. The molecule has 0 spiro atoms. The van der Waals surface area contributed by atoms with Crippen LogP contribution in [0.2, 0.25) is 0 Å². The number of benzene rings is 1. The van der Waals surface area contributed by atoms with E-state index in [1.165, 1.54) is 28.8 Å². The Labute approximate surface area is 166 Å². The van der Waals surface area contributed by atoms with Crippen molar-refractivity contribution >= 4 is 24.9 Å². The van der Waals surface area contributed by atoms with Gasteiger partial charge in [0.2, 0.25) is 5.95 Å². The van der Waals surface area contributed by atoms with Gasteiger partial charge in [-0.2, -0.15) is 4.98 Å². The zero-order chi connectivity index (χ0) is 21.2. The molecular weight excluding hydrogens is 424 g/mol. The van der Waals surface area contributed by atoms with Crippen LogP contribution in [0.25, 0.3) is 22.6 Å². The number of anilines is 1. The Bertz CT molecular complexity index is 1250. The van der Waals surface area contributed by atoms with Gasteiger partial charge in [-0.3, -0.25) is 18.9 Å². The van der Waals surface area contributed by atoms with Crippen LogP contribution in [0.3, 0.4) is 0 Å². The van der Waals surface area contributed by atoms with Crippen LogP contribution in [0.4, 0.5) is 10.3 Å². The normalized spacial score (nSPS) is 31.2. The fourth-order valence-corrected chi connectivity index (χ4v) is 4.53. The van der Waals surface area contributed by atoms with Gasteiger partial charge in [0.25, 0.3) is 13.4 Å². The van der Waals surface area contributed by atoms with Crippen molar-refractivity contribution in [1.29, 1.82) is 0 Å². The quantitative estimate of drug-likeness (QED) is 0.448. The van der Waals surface area contributed by atoms with Crippen LogP contribution >= 0.6 is 7.82 Å². The summed E-state index contributed by atoms with van der Waals surface area (Å²) in [5.41, 5.74) is 5.32. The number of aromatic amines is 1. The molecule has 0 bridgehead atoms. The van der Waals surface area contributed by atoms with Crippen LogP contribution in [0, 0.1) is 5.82 Å². The second kappa shape index (κ2) is 6.67. The van der Waals surface area contributed by atoms with E-state index < -0.39 is 43.7 Å². The molecule has 14 heteroatoms. The van der Waals surface area contributed by atoms with E-state index in [1.54, 1.807) is 0 Å². The molecule has 12 nitrogen and oxygen atoms in total. The summed E-state index contributed by atoms with van der Waals surface area (Å²) in [5.74, 6) is -0.558. The first kappa shape index (κ1) is 19.3. The number of ether oxygens (including phenoxy) is 1. The van der Waals surface area contributed by atoms with E-state index in [1.807, 2.05) is 0 Å². The highest BCUT2D eigenvalue weighted by atomic mass is 31.2. The summed E-state index contributed by atoms with van der Waals surface area (Å²) in [6.45, 7) is -0.354. The Hall–Kier alpha value is -2.67. The maximum Gasteiger partial charge on any atom is 0.280 e. The van der Waals surface area contributed by atoms with Crippen molar-refractivity contribution in [3.05, 3.63) is 40.4 Å². The molecule has 1 aromatic carbocycles. The van der Waals surface area contributed by atoms with Crippen LogP contribution < -0.4 is 16.2 Å². The molecule has 30 heavy (non-hydrogen) atoms. The number of hydrogen-bond acceptors (Lipinski definition) is 10. The van der Waals surface area contributed by atoms with Crippen LogP contribution in [-0.4, -0.2) is 49.5 Å². The minimum atomic E-state index is -4.58. The van der Waals surface area contributed by atoms with Gasteiger partial charge in [-0.05, 0) is 24.3 Å². The second-order valence-electron chi connectivity index (χ2n) is 6.80. The summed E-state index contributed by atoms with van der Waals surface area (Å²) in [5, 5.41) is 10.8. The van der Waals surface area contributed by atoms with E-state index >= 15 is 0 Å². The van der Waals surface area contributed by atoms with Gasteiger partial charge in [0, 0.05) is 5.56 Å². The third kappa shape index (κ3) is 3.03. The highest BCUT2D eigenvalue weighted by molar-refractivity contribution is 7.45. The SMILES string of the molecule is Nc1nc2c(nc(-c3ccc(F)cc3)n2[C@@H]2OC3COP(=O)([O-])O[C@H]3C2O)c(=O)[nH]1. The third-order valence-corrected chi connectivity index (χ3v) is 5.85. The van der Waals surface area contributed by atoms with Crippen molar-refractivity contribution in [3.8, 4) is 11.4 Å². The number of aliphatic hydroxyl groups is 1. The predicted octanol–water partition coefficient (Wildman–Crippen LogP) is -0.350. The fraction of sp³-hybridized carbons (Fsp3) is 0.312. The van der Waals surface area contributed by atoms with E-state index in [4.69, 9.17) is 15.0 Å². The lowest BCUT2D eigenvalue weighted by Gasteiger charge is -2.34. The lowest BCUT2D eigenvalue weighted by Crippen LogP contribution is -2.41. The number of phosphoric ester groups is 1. The molecule has 4 heterocycles. The second-order valence-corrected chi connectivity index (χ2v) is 8.17. The molecule has 2 fully saturated rings. The minimum Gasteiger partial charge on any atom is -0.756 e. The van der Waals surface area contributed by atoms with E-state index in [-0.39, 0.29) is 29.5 Å². The molecule has 3 aromatic rings. The number of nitrogens with one attached hydrogen (secondary N) is 1. The molecule has 4 N–H and O–H groups in total. The van der Waals surface area contributed by atoms with Crippen molar-refractivity contribution in [3.63, 3.8) is 0 Å². The smallest absolute Gasteiger partial charge is 0.280 e. The summed E-state index contributed by atoms with van der Waals surface area (Å²) in [4.78, 5) is 34.7. The van der Waals surface area contributed by atoms with Crippen LogP contribution in [0.15, 0.2) is 29.1 Å². The molecule has 2 aliphatic heterocycles. The Morgan fingerprint density at radius 1 is 1.33 bits per heavy atom. The summed E-state index contributed by atoms with van der Waals surface area (Å²) in [7, 11) is -4.58. The molecule has 3 unspecified atom stereocenters. The van der Waals surface area contributed by atoms with E-state index in [2.05, 4.69) is 19.5 Å². The highest BCUT2D eigenvalue weighted by Crippen LogP contribution is 2.50. The number of rotatable bonds is 2. The van der Waals surface area contributed by atoms with Gasteiger partial charge >= 0.3 is 0 Å². The van der Waals surface area contributed by atoms with Crippen LogP contribution in [0.5, 0.6) is 0 Å². The molecule has 0 amide bonds. The molecule has 5 rings (SSSR count). The van der Waals surface area contributed by atoms with Gasteiger partial charge in [-0.1, -0.05) is 0 Å². The van der Waals surface area contributed by atoms with Crippen molar-refractivity contribution in [2.45, 2.75) is 24.5 Å². The van der Waals surface area contributed by atoms with Gasteiger partial charge in [-0.15, -0.1) is 0 Å². The first-order valence-corrected chi connectivity index (χ1v) is 10.2. The number of fused-ring (bicyclic) bond motifs is 2. The zero-order valence-corrected chi connectivity index (χ0v) is 15.9. The number of nitrogens with zero attached hydrogens (tertiary/aromatic N) is 3. The molecular formula is C16H14FN5O7P-. The number of H-pyrrole nitrogens is 1. The molecule has 2 aromatic heterocycles. The summed E-state index contributed by atoms with van der Waals surface area (Å²) in [6, 6.07) is 5.23. The number of aliphatic hydroxyl groups excluding tert-OH is 1. The average Bonchev–Trinajstić information content (AvgIpc) is 3.20. The van der Waals surface area contributed by atoms with Gasteiger partial charge < -0.3 is 29.5 Å². The molecule has 0 saturated carbocycles. The first-order chi connectivity index (χ1) is 14.2. The predicted molar refractivity (Wildman–Crippen MR) is 96.3 cm³/mol. The molecule has 5 atom stereocenters. The molecule has 0 aliphatic carbocycles. The average molecular weight is 438 g/mol. The standard InChI is InChI=1S/C16H15FN5O7P/c17-7-3-1-6(2-4-7)12-19-9-13(20-16(18)21-14(9)24)22(12)15-10(23)11-8(28-15)5-27-30(25,26)29-11/h1-4,8,10-11,15,23H,5H2,(H,25,26)(H3,18,20,21,24)/p-1/t8?,10?,11-,15-/m1/s1. The Balaban J connectivity index is 1.70. The number of phosphoric acid groups is 1. The number of aromatic nitrogens is 4. The van der Waals surface area contributed by atoms with Gasteiger partial charge in [0.1, 0.15) is 30.0 Å². The Morgan fingerprint density at radius 3 is 2.80 bits per heavy atom. The zero-order valence-electron chi connectivity index (χ0n) is 15.0. The number of hydrogen-bond donors (Lipinski definition) is 3. The molecule has 158 valence electrons. The Kier molecular flexibility index (Phi) is 4.29. The highest BCUT2D eigenvalue weighted by Gasteiger charge is 2.51. The first-order valence-electron chi connectivity index (χ1n) is 8.75. The topological polar surface area (TPSA) is 178 Å². The lowest BCUT2D eigenvalue weighted by atomic mass is 10.1. The third-order valence-electron chi connectivity index (χ3n) is 4.88. The molecule has 2 aliphatic rings. The maximum atomic E-state index is 13.4. The van der Waals surface area contributed by atoms with Crippen molar-refractivity contribution in [2.24, 2.45) is 0 Å². The maximum absolute atomic E-state index is 13.4. The van der Waals surface area contributed by atoms with Crippen LogP contribution in [0.1, 0.15) is 6.23 Å². The summed E-state index contributed by atoms with van der Waals surface area (Å²) >= 11 is 0. The number of halogens is 1. The van der Waals surface area contributed by atoms with Gasteiger partial charge in [-0.25, -0.2) is 9.37 Å². The Morgan fingerprint density at radius 2 is 2.07 bits per heavy atom. The van der Waals surface area contributed by atoms with Crippen molar-refractivity contribution in [1.82, 2.24) is 19.5 Å². The largest absolute Gasteiger partial charge is 0.756 e. The molecule has 0 radical (unpaired) electrons. The van der Waals surface area contributed by atoms with Crippen molar-refractivity contribution in [2.75, 3.05) is 12.3 Å². The van der Waals surface area contributed by atoms with Crippen molar-refractivity contribution < 1.29 is 32.7 Å². The van der Waals surface area contributed by atoms with E-state index in [0.29, 0.717) is 5.56 Å². The van der Waals surface area contributed by atoms with Gasteiger partial charge in [0.15, 0.2) is 17.4 Å². The van der Waals surface area contributed by atoms with E-state index in [0.717, 1.165) is 0 Å². The lowest BCUT2D eigenvalue weighted by molar-refractivity contribution is -0.245. The fourth-order valence-electron chi connectivity index (χ4n) is 3.59. The molecule has 2 saturated heterocycles. The van der Waals surface area contributed by atoms with Crippen LogP contribution in [-0.2, 0) is 18.3 Å². The number of nitrogen functional groups attached to an aromatic ring is 1. The monoisotopic (exact) mass is 438 g/mol. The van der Waals surface area contributed by atoms with E-state index in [9.17, 15) is 23.7 Å². The summed E-state index contributed by atoms with van der Waals surface area (Å²) < 4.78 is 41.6. The van der Waals surface area contributed by atoms with Gasteiger partial charge in [0.05, 0.1) is 6.61 Å². The number of imidazole rings is 1. The minimum absolute atomic E-state index is 0.00973.